The van der Waals surface area contributed by atoms with Crippen molar-refractivity contribution >= 4 is 8.69 Å². The predicted octanol–water partition coefficient (Wildman–Crippen LogP) is 2.23. The molecule has 0 unspecified atom stereocenters. The molecule has 0 fully saturated rings. The van der Waals surface area contributed by atoms with Gasteiger partial charge in [-0.2, -0.15) is 35.9 Å². The van der Waals surface area contributed by atoms with E-state index >= 15 is 0 Å². The summed E-state index contributed by atoms with van der Waals surface area (Å²) in [5, 5.41) is 0. The molecule has 0 radical (unpaired) electrons. The van der Waals surface area contributed by atoms with Crippen LogP contribution in [0.3, 0.4) is 0 Å². The summed E-state index contributed by atoms with van der Waals surface area (Å²) in [6, 6.07) is 11.2. The van der Waals surface area contributed by atoms with Gasteiger partial charge in [-0.15, -0.1) is 0 Å². The van der Waals surface area contributed by atoms with Crippen LogP contribution in [0.15, 0.2) is 24.3 Å². The molecule has 0 bridgehead atoms. The number of hydrogen-bond donors (Lipinski definition) is 1. The first kappa shape index (κ1) is 14.4. The van der Waals surface area contributed by atoms with E-state index in [2.05, 4.69) is 19.1 Å². The molecule has 0 aromatic heterocycles. The first-order valence-corrected chi connectivity index (χ1v) is 4.04. The minimum absolute atomic E-state index is 0. The average Bonchev–Trinajstić information content (AvgIpc) is 2.08. The Kier molecular flexibility index (Phi) is 13.1. The summed E-state index contributed by atoms with van der Waals surface area (Å²) in [5.74, 6) is 0. The van der Waals surface area contributed by atoms with Crippen molar-refractivity contribution in [2.75, 3.05) is 0 Å². The molecule has 4 heteroatoms. The maximum Gasteiger partial charge on any atom is 0.324 e. The van der Waals surface area contributed by atoms with Crippen molar-refractivity contribution in [2.45, 2.75) is 13.3 Å². The summed E-state index contributed by atoms with van der Waals surface area (Å²) in [4.78, 5) is 6.99. The van der Waals surface area contributed by atoms with Gasteiger partial charge in [0.2, 0.25) is 0 Å². The Bertz CT molecular complexity index is 192. The van der Waals surface area contributed by atoms with Gasteiger partial charge in [-0.25, -0.2) is 4.57 Å². The van der Waals surface area contributed by atoms with Crippen LogP contribution >= 0.6 is 8.69 Å². The minimum Gasteiger partial charge on any atom is -0.310 e. The van der Waals surface area contributed by atoms with Gasteiger partial charge >= 0.3 is 8.69 Å². The van der Waals surface area contributed by atoms with Crippen LogP contribution in [-0.4, -0.2) is 4.89 Å². The zero-order valence-corrected chi connectivity index (χ0v) is 10.9. The topological polar surface area (TPSA) is 37.3 Å². The van der Waals surface area contributed by atoms with E-state index in [0.717, 1.165) is 6.42 Å². The molecule has 0 aliphatic rings. The van der Waals surface area contributed by atoms with Crippen LogP contribution < -0.4 is 0 Å². The number of rotatable bonds is 1. The molecule has 1 N–H and O–H groups in total. The second kappa shape index (κ2) is 10.9. The van der Waals surface area contributed by atoms with E-state index < -0.39 is 8.69 Å². The summed E-state index contributed by atoms with van der Waals surface area (Å²) in [5.41, 5.74) is 1.28. The second-order valence-electron chi connectivity index (χ2n) is 1.82. The molecule has 0 saturated heterocycles. The van der Waals surface area contributed by atoms with E-state index in [1.165, 1.54) is 5.56 Å². The van der Waals surface area contributed by atoms with Crippen LogP contribution in [-0.2, 0) is 30.5 Å². The third-order valence-electron chi connectivity index (χ3n) is 1.15. The molecule has 0 spiro atoms. The van der Waals surface area contributed by atoms with E-state index in [-0.39, 0.29) is 19.5 Å². The van der Waals surface area contributed by atoms with E-state index in [0.29, 0.717) is 0 Å². The quantitative estimate of drug-likeness (QED) is 0.460. The van der Waals surface area contributed by atoms with Gasteiger partial charge in [-0.1, -0.05) is 13.3 Å². The number of aryl methyl sites for hydroxylation is 1. The molecule has 62 valence electrons. The Morgan fingerprint density at radius 1 is 1.58 bits per heavy atom. The van der Waals surface area contributed by atoms with Crippen LogP contribution in [0.4, 0.5) is 0 Å². The Morgan fingerprint density at radius 2 is 2.17 bits per heavy atom. The molecule has 0 aliphatic carbocycles. The van der Waals surface area contributed by atoms with Crippen molar-refractivity contribution in [3.05, 3.63) is 35.9 Å². The van der Waals surface area contributed by atoms with Crippen molar-refractivity contribution in [3.63, 3.8) is 0 Å². The summed E-state index contributed by atoms with van der Waals surface area (Å²) in [7, 11) is -0.833. The molecule has 2 nitrogen and oxygen atoms in total. The Morgan fingerprint density at radius 3 is 2.42 bits per heavy atom. The fourth-order valence-electron chi connectivity index (χ4n) is 0.650. The molecular weight excluding hydrogens is 224 g/mol. The fourth-order valence-corrected chi connectivity index (χ4v) is 0.650. The SMILES string of the molecule is CCc1[c-]cccc1.O=PO.[Zn]. The first-order valence-electron chi connectivity index (χ1n) is 3.27. The first-order chi connectivity index (χ1) is 5.35. The zero-order valence-electron chi connectivity index (χ0n) is 7.03. The number of benzene rings is 1. The molecule has 1 rings (SSSR count). The van der Waals surface area contributed by atoms with Crippen molar-refractivity contribution in [3.8, 4) is 0 Å². The van der Waals surface area contributed by atoms with Gasteiger partial charge in [0.1, 0.15) is 0 Å². The molecule has 12 heavy (non-hydrogen) atoms. The van der Waals surface area contributed by atoms with E-state index in [4.69, 9.17) is 9.46 Å². The second-order valence-corrected chi connectivity index (χ2v) is 1.99. The molecule has 0 amide bonds. The molecular formula is C8H10O2PZn-. The summed E-state index contributed by atoms with van der Waals surface area (Å²) >= 11 is 0. The zero-order chi connectivity index (χ0) is 8.53. The van der Waals surface area contributed by atoms with Gasteiger partial charge in [0.05, 0.1) is 0 Å². The Balaban J connectivity index is 0. The van der Waals surface area contributed by atoms with Crippen molar-refractivity contribution in [1.29, 1.82) is 0 Å². The predicted molar refractivity (Wildman–Crippen MR) is 44.5 cm³/mol. The van der Waals surface area contributed by atoms with Crippen LogP contribution in [0.2, 0.25) is 0 Å². The maximum atomic E-state index is 8.46. The standard InChI is InChI=1S/C8H9.HO2P.Zn/c1-2-8-6-4-3-5-7-8;1-3-2;/h3-6H,2H2,1H3;(H,1,2);/q-1;;. The smallest absolute Gasteiger partial charge is 0.310 e. The fraction of sp³-hybridized carbons (Fsp3) is 0.250. The molecule has 0 heterocycles. The molecule has 1 aromatic rings. The number of hydrogen-bond acceptors (Lipinski definition) is 1. The van der Waals surface area contributed by atoms with Crippen molar-refractivity contribution < 1.29 is 28.9 Å². The van der Waals surface area contributed by atoms with Gasteiger partial charge < -0.3 is 4.89 Å². The van der Waals surface area contributed by atoms with E-state index in [1.54, 1.807) is 0 Å². The summed E-state index contributed by atoms with van der Waals surface area (Å²) in [6.45, 7) is 2.13. The molecule has 1 aromatic carbocycles. The Hall–Kier alpha value is -0.0966. The van der Waals surface area contributed by atoms with Gasteiger partial charge in [-0.3, -0.25) is 0 Å². The average molecular weight is 235 g/mol. The van der Waals surface area contributed by atoms with Gasteiger partial charge in [0.25, 0.3) is 0 Å². The third kappa shape index (κ3) is 8.00. The molecule has 0 atom stereocenters. The third-order valence-corrected chi connectivity index (χ3v) is 1.15. The van der Waals surface area contributed by atoms with Gasteiger partial charge in [0, 0.05) is 19.5 Å². The maximum absolute atomic E-state index is 8.46. The molecule has 0 saturated carbocycles. The van der Waals surface area contributed by atoms with Crippen molar-refractivity contribution in [1.82, 2.24) is 0 Å². The van der Waals surface area contributed by atoms with Crippen molar-refractivity contribution in [2.24, 2.45) is 0 Å². The van der Waals surface area contributed by atoms with Crippen LogP contribution in [0.1, 0.15) is 12.5 Å². The summed E-state index contributed by atoms with van der Waals surface area (Å²) < 4.78 is 8.46. The normalized spacial score (nSPS) is 7.83. The monoisotopic (exact) mass is 233 g/mol. The largest absolute Gasteiger partial charge is 0.324 e. The van der Waals surface area contributed by atoms with Gasteiger partial charge in [-0.05, 0) is 0 Å². The van der Waals surface area contributed by atoms with Crippen LogP contribution in [0.25, 0.3) is 0 Å². The Labute approximate surface area is 87.1 Å². The van der Waals surface area contributed by atoms with Crippen LogP contribution in [0.5, 0.6) is 0 Å². The van der Waals surface area contributed by atoms with Gasteiger partial charge in [0.15, 0.2) is 0 Å². The summed E-state index contributed by atoms with van der Waals surface area (Å²) in [6.07, 6.45) is 1.08. The minimum atomic E-state index is -0.833. The van der Waals surface area contributed by atoms with E-state index in [9.17, 15) is 0 Å². The van der Waals surface area contributed by atoms with E-state index in [1.807, 2.05) is 18.2 Å². The van der Waals surface area contributed by atoms with Crippen LogP contribution in [0, 0.1) is 6.07 Å². The molecule has 0 aliphatic heterocycles.